The molecule has 2 aromatic rings. The Bertz CT molecular complexity index is 1000. The third-order valence-corrected chi connectivity index (χ3v) is 5.97. The summed E-state index contributed by atoms with van der Waals surface area (Å²) in [6.07, 6.45) is 2.38. The highest BCUT2D eigenvalue weighted by atomic mass is 32.1. The molecular formula is C24H29N3O2S. The molecule has 1 atom stereocenters. The molecule has 0 spiro atoms. The lowest BCUT2D eigenvalue weighted by atomic mass is 9.89. The maximum Gasteiger partial charge on any atom is 0.227 e. The van der Waals surface area contributed by atoms with E-state index in [2.05, 4.69) is 43.5 Å². The first-order chi connectivity index (χ1) is 14.2. The van der Waals surface area contributed by atoms with Gasteiger partial charge in [-0.15, -0.1) is 0 Å². The molecule has 5 nitrogen and oxygen atoms in total. The Hall–Kier alpha value is -2.60. The SMILES string of the molecule is Cc1ccc2c(c1)[C@@H](NC(=S)Nc1ccc(N3CCCC3=O)c(C)c1)CC(C)(C)O2. The first-order valence-corrected chi connectivity index (χ1v) is 10.9. The summed E-state index contributed by atoms with van der Waals surface area (Å²) in [4.78, 5) is 13.9. The molecule has 158 valence electrons. The van der Waals surface area contributed by atoms with Gasteiger partial charge in [-0.3, -0.25) is 4.79 Å². The van der Waals surface area contributed by atoms with Crippen LogP contribution in [0.3, 0.4) is 0 Å². The Kier molecular flexibility index (Phi) is 5.45. The predicted octanol–water partition coefficient (Wildman–Crippen LogP) is 5.02. The first-order valence-electron chi connectivity index (χ1n) is 10.5. The van der Waals surface area contributed by atoms with Gasteiger partial charge >= 0.3 is 0 Å². The fourth-order valence-electron chi connectivity index (χ4n) is 4.37. The van der Waals surface area contributed by atoms with Gasteiger partial charge in [0.25, 0.3) is 0 Å². The van der Waals surface area contributed by atoms with Crippen molar-refractivity contribution in [3.8, 4) is 5.75 Å². The zero-order valence-corrected chi connectivity index (χ0v) is 18.9. The Morgan fingerprint density at radius 2 is 2.00 bits per heavy atom. The van der Waals surface area contributed by atoms with Crippen LogP contribution in [0, 0.1) is 13.8 Å². The average Bonchev–Trinajstić information content (AvgIpc) is 3.07. The molecule has 2 aliphatic heterocycles. The van der Waals surface area contributed by atoms with Gasteiger partial charge in [0.1, 0.15) is 11.4 Å². The van der Waals surface area contributed by atoms with Crippen LogP contribution in [0.25, 0.3) is 0 Å². The number of carbonyl (C=O) groups is 1. The van der Waals surface area contributed by atoms with E-state index in [0.29, 0.717) is 11.5 Å². The van der Waals surface area contributed by atoms with Gasteiger partial charge in [-0.2, -0.15) is 0 Å². The lowest BCUT2D eigenvalue weighted by molar-refractivity contribution is -0.117. The third-order valence-electron chi connectivity index (χ3n) is 5.75. The summed E-state index contributed by atoms with van der Waals surface area (Å²) in [7, 11) is 0. The van der Waals surface area contributed by atoms with E-state index in [1.807, 2.05) is 36.1 Å². The van der Waals surface area contributed by atoms with Crippen molar-refractivity contribution in [1.29, 1.82) is 0 Å². The van der Waals surface area contributed by atoms with Gasteiger partial charge in [0, 0.05) is 36.3 Å². The van der Waals surface area contributed by atoms with Crippen molar-refractivity contribution in [3.63, 3.8) is 0 Å². The maximum absolute atomic E-state index is 12.1. The molecule has 0 unspecified atom stereocenters. The number of amides is 1. The molecule has 0 aromatic heterocycles. The molecule has 0 saturated carbocycles. The largest absolute Gasteiger partial charge is 0.487 e. The van der Waals surface area contributed by atoms with Gasteiger partial charge < -0.3 is 20.3 Å². The summed E-state index contributed by atoms with van der Waals surface area (Å²) in [5, 5.41) is 7.36. The van der Waals surface area contributed by atoms with Crippen LogP contribution in [0.15, 0.2) is 36.4 Å². The molecule has 2 aromatic carbocycles. The Morgan fingerprint density at radius 1 is 1.20 bits per heavy atom. The van der Waals surface area contributed by atoms with Crippen LogP contribution in [0.1, 0.15) is 55.8 Å². The van der Waals surface area contributed by atoms with Gasteiger partial charge in [-0.05, 0) is 76.2 Å². The number of hydrogen-bond donors (Lipinski definition) is 2. The molecule has 2 heterocycles. The Morgan fingerprint density at radius 3 is 2.70 bits per heavy atom. The first kappa shape index (κ1) is 20.7. The summed E-state index contributed by atoms with van der Waals surface area (Å²) < 4.78 is 6.15. The summed E-state index contributed by atoms with van der Waals surface area (Å²) in [5.41, 5.74) is 5.03. The highest BCUT2D eigenvalue weighted by Gasteiger charge is 2.34. The monoisotopic (exact) mass is 423 g/mol. The number of ether oxygens (including phenoxy) is 1. The summed E-state index contributed by atoms with van der Waals surface area (Å²) in [6.45, 7) is 9.11. The average molecular weight is 424 g/mol. The quantitative estimate of drug-likeness (QED) is 0.679. The summed E-state index contributed by atoms with van der Waals surface area (Å²) >= 11 is 5.63. The van der Waals surface area contributed by atoms with Crippen LogP contribution < -0.4 is 20.3 Å². The molecule has 1 fully saturated rings. The number of rotatable bonds is 3. The van der Waals surface area contributed by atoms with Gasteiger partial charge in [-0.25, -0.2) is 0 Å². The Labute approximate surface area is 183 Å². The van der Waals surface area contributed by atoms with Crippen molar-refractivity contribution in [3.05, 3.63) is 53.1 Å². The number of benzene rings is 2. The Balaban J connectivity index is 1.48. The molecule has 6 heteroatoms. The zero-order valence-electron chi connectivity index (χ0n) is 18.0. The van der Waals surface area contributed by atoms with Crippen molar-refractivity contribution in [2.45, 2.75) is 58.6 Å². The predicted molar refractivity (Wildman–Crippen MR) is 125 cm³/mol. The molecule has 1 amide bonds. The maximum atomic E-state index is 12.1. The van der Waals surface area contributed by atoms with E-state index in [0.717, 1.165) is 47.6 Å². The van der Waals surface area contributed by atoms with Crippen molar-refractivity contribution >= 4 is 34.6 Å². The highest BCUT2D eigenvalue weighted by molar-refractivity contribution is 7.80. The van der Waals surface area contributed by atoms with Crippen LogP contribution in [0.2, 0.25) is 0 Å². The fraction of sp³-hybridized carbons (Fsp3) is 0.417. The molecule has 2 aliphatic rings. The number of anilines is 2. The van der Waals surface area contributed by atoms with Gasteiger partial charge in [0.05, 0.1) is 6.04 Å². The van der Waals surface area contributed by atoms with Crippen molar-refractivity contribution < 1.29 is 9.53 Å². The normalized spacial score (nSPS) is 19.8. The van der Waals surface area contributed by atoms with E-state index >= 15 is 0 Å². The molecule has 0 radical (unpaired) electrons. The summed E-state index contributed by atoms with van der Waals surface area (Å²) in [6, 6.07) is 12.4. The van der Waals surface area contributed by atoms with Crippen LogP contribution in [-0.2, 0) is 4.79 Å². The second-order valence-corrected chi connectivity index (χ2v) is 9.32. The lowest BCUT2D eigenvalue weighted by Crippen LogP contribution is -2.42. The van der Waals surface area contributed by atoms with Crippen LogP contribution in [-0.4, -0.2) is 23.2 Å². The number of carbonyl (C=O) groups excluding carboxylic acids is 1. The van der Waals surface area contributed by atoms with Crippen LogP contribution in [0.4, 0.5) is 11.4 Å². The lowest BCUT2D eigenvalue weighted by Gasteiger charge is -2.38. The highest BCUT2D eigenvalue weighted by Crippen LogP contribution is 2.40. The van der Waals surface area contributed by atoms with Gasteiger partial charge in [-0.1, -0.05) is 17.7 Å². The minimum absolute atomic E-state index is 0.0752. The van der Waals surface area contributed by atoms with E-state index in [9.17, 15) is 4.79 Å². The zero-order chi connectivity index (χ0) is 21.5. The summed E-state index contributed by atoms with van der Waals surface area (Å²) in [5.74, 6) is 1.11. The second kappa shape index (κ2) is 7.91. The van der Waals surface area contributed by atoms with E-state index in [1.54, 1.807) is 0 Å². The van der Waals surface area contributed by atoms with Crippen LogP contribution in [0.5, 0.6) is 5.75 Å². The van der Waals surface area contributed by atoms with E-state index < -0.39 is 0 Å². The molecule has 30 heavy (non-hydrogen) atoms. The molecule has 0 bridgehead atoms. The molecule has 2 N–H and O–H groups in total. The van der Waals surface area contributed by atoms with E-state index in [4.69, 9.17) is 17.0 Å². The van der Waals surface area contributed by atoms with E-state index in [-0.39, 0.29) is 17.6 Å². The van der Waals surface area contributed by atoms with Crippen molar-refractivity contribution in [2.24, 2.45) is 0 Å². The molecular weight excluding hydrogens is 394 g/mol. The molecule has 1 saturated heterocycles. The molecule has 4 rings (SSSR count). The molecule has 0 aliphatic carbocycles. The van der Waals surface area contributed by atoms with Crippen molar-refractivity contribution in [1.82, 2.24) is 5.32 Å². The van der Waals surface area contributed by atoms with E-state index in [1.165, 1.54) is 5.56 Å². The number of nitrogens with one attached hydrogen (secondary N) is 2. The minimum Gasteiger partial charge on any atom is -0.487 e. The number of aryl methyl sites for hydroxylation is 2. The number of thiocarbonyl (C=S) groups is 1. The third kappa shape index (κ3) is 4.29. The van der Waals surface area contributed by atoms with Crippen molar-refractivity contribution in [2.75, 3.05) is 16.8 Å². The number of fused-ring (bicyclic) bond motifs is 1. The van der Waals surface area contributed by atoms with Crippen LogP contribution >= 0.6 is 12.2 Å². The minimum atomic E-state index is -0.268. The fourth-order valence-corrected chi connectivity index (χ4v) is 4.63. The second-order valence-electron chi connectivity index (χ2n) is 8.91. The number of nitrogens with zero attached hydrogens (tertiary/aromatic N) is 1. The van der Waals surface area contributed by atoms with Gasteiger partial charge in [0.15, 0.2) is 5.11 Å². The standard InChI is InChI=1S/C24H29N3O2S/c1-15-7-10-21-18(12-15)19(14-24(3,4)29-21)26-23(30)25-17-8-9-20(16(2)13-17)27-11-5-6-22(27)28/h7-10,12-13,19H,5-6,11,14H2,1-4H3,(H2,25,26,30)/t19-/m0/s1. The smallest absolute Gasteiger partial charge is 0.227 e. The number of hydrogen-bond acceptors (Lipinski definition) is 3. The van der Waals surface area contributed by atoms with Gasteiger partial charge in [0.2, 0.25) is 5.91 Å². The topological polar surface area (TPSA) is 53.6 Å².